The second kappa shape index (κ2) is 27.5. The maximum Gasteiger partial charge on any atom is 0.472 e. The second-order valence-electron chi connectivity index (χ2n) is 10.4. The molecular formula is C30H57O10P. The molecule has 0 saturated heterocycles. The molecule has 0 amide bonds. The Morgan fingerprint density at radius 2 is 1.24 bits per heavy atom. The maximum atomic E-state index is 12.3. The molecule has 10 nitrogen and oxygen atoms in total. The highest BCUT2D eigenvalue weighted by Gasteiger charge is 2.27. The van der Waals surface area contributed by atoms with Crippen molar-refractivity contribution in [2.75, 3.05) is 26.4 Å². The fraction of sp³-hybridized carbons (Fsp3) is 0.867. The normalized spacial score (nSPS) is 14.6. The Morgan fingerprint density at radius 3 is 1.78 bits per heavy atom. The minimum Gasteiger partial charge on any atom is -0.462 e. The van der Waals surface area contributed by atoms with E-state index in [1.54, 1.807) is 6.92 Å². The van der Waals surface area contributed by atoms with E-state index in [1.807, 2.05) is 0 Å². The van der Waals surface area contributed by atoms with Gasteiger partial charge in [0.25, 0.3) is 0 Å². The number of aliphatic hydroxyl groups excluding tert-OH is 2. The van der Waals surface area contributed by atoms with E-state index in [0.29, 0.717) is 6.42 Å². The van der Waals surface area contributed by atoms with Crippen LogP contribution in [-0.4, -0.2) is 65.7 Å². The van der Waals surface area contributed by atoms with Crippen LogP contribution in [0.1, 0.15) is 129 Å². The molecule has 0 radical (unpaired) electrons. The van der Waals surface area contributed by atoms with Gasteiger partial charge < -0.3 is 24.6 Å². The topological polar surface area (TPSA) is 149 Å². The predicted molar refractivity (Wildman–Crippen MR) is 159 cm³/mol. The summed E-state index contributed by atoms with van der Waals surface area (Å²) in [6.45, 7) is 1.73. The lowest BCUT2D eigenvalue weighted by Crippen LogP contribution is -2.29. The third-order valence-electron chi connectivity index (χ3n) is 6.47. The Bertz CT molecular complexity index is 715. The first kappa shape index (κ1) is 39.7. The molecule has 0 fully saturated rings. The lowest BCUT2D eigenvalue weighted by atomic mass is 10.1. The van der Waals surface area contributed by atoms with E-state index in [4.69, 9.17) is 19.1 Å². The van der Waals surface area contributed by atoms with Crippen LogP contribution in [-0.2, 0) is 32.7 Å². The fourth-order valence-corrected chi connectivity index (χ4v) is 4.76. The first-order valence-electron chi connectivity index (χ1n) is 15.6. The zero-order chi connectivity index (χ0) is 30.6. The van der Waals surface area contributed by atoms with Gasteiger partial charge in [-0.15, -0.1) is 0 Å². The van der Waals surface area contributed by atoms with Gasteiger partial charge in [-0.1, -0.05) is 96.6 Å². The van der Waals surface area contributed by atoms with Crippen LogP contribution >= 0.6 is 7.82 Å². The van der Waals surface area contributed by atoms with Crippen molar-refractivity contribution in [1.82, 2.24) is 0 Å². The Balaban J connectivity index is 3.98. The molecule has 0 saturated carbocycles. The van der Waals surface area contributed by atoms with Crippen LogP contribution in [0.25, 0.3) is 0 Å². The van der Waals surface area contributed by atoms with Gasteiger partial charge in [-0.2, -0.15) is 0 Å². The molecule has 0 aromatic rings. The third kappa shape index (κ3) is 27.3. The van der Waals surface area contributed by atoms with Gasteiger partial charge in [0.05, 0.1) is 19.8 Å². The summed E-state index contributed by atoms with van der Waals surface area (Å²) < 4.78 is 31.6. The molecule has 11 heteroatoms. The molecule has 0 aromatic carbocycles. The predicted octanol–water partition coefficient (Wildman–Crippen LogP) is 6.55. The van der Waals surface area contributed by atoms with E-state index in [-0.39, 0.29) is 19.4 Å². The third-order valence-corrected chi connectivity index (χ3v) is 7.42. The number of carbonyl (C=O) groups excluding carboxylic acids is 2. The van der Waals surface area contributed by atoms with Crippen LogP contribution in [0.3, 0.4) is 0 Å². The smallest absolute Gasteiger partial charge is 0.462 e. The zero-order valence-electron chi connectivity index (χ0n) is 25.5. The number of hydrogen-bond donors (Lipinski definition) is 3. The first-order valence-corrected chi connectivity index (χ1v) is 17.1. The van der Waals surface area contributed by atoms with Gasteiger partial charge in [-0.3, -0.25) is 18.6 Å². The number of esters is 2. The number of unbranched alkanes of at least 4 members (excludes halogenated alkanes) is 14. The monoisotopic (exact) mass is 608 g/mol. The molecule has 0 rings (SSSR count). The van der Waals surface area contributed by atoms with Crippen molar-refractivity contribution < 1.29 is 47.8 Å². The SMILES string of the molecule is CCCCCCCCC/C=C\CCCCCCCCCC(=O)OC(COC(=O)CC)COP(=O)(O)OCC(O)CO. The lowest BCUT2D eigenvalue weighted by Gasteiger charge is -2.20. The van der Waals surface area contributed by atoms with Crippen molar-refractivity contribution in [2.45, 2.75) is 142 Å². The van der Waals surface area contributed by atoms with E-state index in [1.165, 1.54) is 70.6 Å². The van der Waals surface area contributed by atoms with Crippen molar-refractivity contribution in [1.29, 1.82) is 0 Å². The average Bonchev–Trinajstić information content (AvgIpc) is 2.96. The van der Waals surface area contributed by atoms with Crippen LogP contribution in [0, 0.1) is 0 Å². The zero-order valence-corrected chi connectivity index (χ0v) is 26.4. The van der Waals surface area contributed by atoms with E-state index >= 15 is 0 Å². The Kier molecular flexibility index (Phi) is 26.7. The van der Waals surface area contributed by atoms with Gasteiger partial charge in [0.2, 0.25) is 0 Å². The molecular weight excluding hydrogens is 551 g/mol. The summed E-state index contributed by atoms with van der Waals surface area (Å²) in [5.41, 5.74) is 0. The van der Waals surface area contributed by atoms with Crippen LogP contribution < -0.4 is 0 Å². The summed E-state index contributed by atoms with van der Waals surface area (Å²) in [4.78, 5) is 33.5. The summed E-state index contributed by atoms with van der Waals surface area (Å²) in [6, 6.07) is 0. The van der Waals surface area contributed by atoms with Crippen molar-refractivity contribution in [2.24, 2.45) is 0 Å². The van der Waals surface area contributed by atoms with Crippen LogP contribution in [0.2, 0.25) is 0 Å². The molecule has 0 aliphatic rings. The molecule has 3 N–H and O–H groups in total. The highest BCUT2D eigenvalue weighted by molar-refractivity contribution is 7.47. The van der Waals surface area contributed by atoms with Gasteiger partial charge >= 0.3 is 19.8 Å². The Labute approximate surface area is 247 Å². The average molecular weight is 609 g/mol. The standard InChI is InChI=1S/C30H57O10P/c1-3-5-6-7-8-9-10-11-12-13-14-15-16-17-18-19-20-21-22-30(34)40-28(25-37-29(33)4-2)26-39-41(35,36)38-24-27(32)23-31/h12-13,27-28,31-32H,3-11,14-26H2,1-2H3,(H,35,36)/b13-12-. The van der Waals surface area contributed by atoms with Gasteiger partial charge in [0.1, 0.15) is 12.7 Å². The van der Waals surface area contributed by atoms with Gasteiger partial charge in [-0.05, 0) is 32.1 Å². The fourth-order valence-electron chi connectivity index (χ4n) is 3.97. The number of aliphatic hydroxyl groups is 2. The van der Waals surface area contributed by atoms with Crippen LogP contribution in [0.15, 0.2) is 12.2 Å². The van der Waals surface area contributed by atoms with Crippen LogP contribution in [0.4, 0.5) is 0 Å². The van der Waals surface area contributed by atoms with Crippen LogP contribution in [0.5, 0.6) is 0 Å². The minimum atomic E-state index is -4.57. The molecule has 0 spiro atoms. The molecule has 0 aliphatic heterocycles. The molecule has 3 unspecified atom stereocenters. The number of carbonyl (C=O) groups is 2. The van der Waals surface area contributed by atoms with Crippen molar-refractivity contribution in [3.05, 3.63) is 12.2 Å². The summed E-state index contributed by atoms with van der Waals surface area (Å²) in [6.07, 6.45) is 21.6. The highest BCUT2D eigenvalue weighted by atomic mass is 31.2. The summed E-state index contributed by atoms with van der Waals surface area (Å²) in [5, 5.41) is 18.0. The van der Waals surface area contributed by atoms with Crippen molar-refractivity contribution in [3.63, 3.8) is 0 Å². The Hall–Kier alpha value is -1.29. The van der Waals surface area contributed by atoms with Gasteiger partial charge in [0.15, 0.2) is 6.10 Å². The van der Waals surface area contributed by atoms with E-state index in [9.17, 15) is 24.2 Å². The lowest BCUT2D eigenvalue weighted by molar-refractivity contribution is -0.161. The van der Waals surface area contributed by atoms with E-state index in [2.05, 4.69) is 23.6 Å². The molecule has 0 bridgehead atoms. The van der Waals surface area contributed by atoms with E-state index in [0.717, 1.165) is 25.7 Å². The number of phosphoric acid groups is 1. The molecule has 0 aliphatic carbocycles. The number of hydrogen-bond acceptors (Lipinski definition) is 9. The number of rotatable bonds is 29. The summed E-state index contributed by atoms with van der Waals surface area (Å²) in [7, 11) is -4.57. The highest BCUT2D eigenvalue weighted by Crippen LogP contribution is 2.43. The maximum absolute atomic E-state index is 12.3. The van der Waals surface area contributed by atoms with Gasteiger partial charge in [0, 0.05) is 12.8 Å². The van der Waals surface area contributed by atoms with E-state index < -0.39 is 51.8 Å². The molecule has 242 valence electrons. The molecule has 0 heterocycles. The quantitative estimate of drug-likeness (QED) is 0.0369. The first-order chi connectivity index (χ1) is 19.7. The Morgan fingerprint density at radius 1 is 0.732 bits per heavy atom. The van der Waals surface area contributed by atoms with Crippen molar-refractivity contribution in [3.8, 4) is 0 Å². The summed E-state index contributed by atoms with van der Waals surface area (Å²) >= 11 is 0. The molecule has 3 atom stereocenters. The minimum absolute atomic E-state index is 0.123. The largest absolute Gasteiger partial charge is 0.472 e. The second-order valence-corrected chi connectivity index (χ2v) is 11.9. The molecule has 41 heavy (non-hydrogen) atoms. The number of ether oxygens (including phenoxy) is 2. The van der Waals surface area contributed by atoms with Crippen molar-refractivity contribution >= 4 is 19.8 Å². The van der Waals surface area contributed by atoms with Gasteiger partial charge in [-0.25, -0.2) is 4.57 Å². The number of allylic oxidation sites excluding steroid dienone is 2. The summed E-state index contributed by atoms with van der Waals surface area (Å²) in [5.74, 6) is -1.03. The molecule has 0 aromatic heterocycles. The number of phosphoric ester groups is 1.